The number of nitrogens with zero attached hydrogens (tertiary/aromatic N) is 2. The first-order valence-corrected chi connectivity index (χ1v) is 8.31. The van der Waals surface area contributed by atoms with Gasteiger partial charge in [-0.3, -0.25) is 14.0 Å². The molecule has 0 aliphatic heterocycles. The van der Waals surface area contributed by atoms with Crippen LogP contribution in [-0.4, -0.2) is 21.1 Å². The molecule has 5 nitrogen and oxygen atoms in total. The summed E-state index contributed by atoms with van der Waals surface area (Å²) in [6, 6.07) is 6.88. The van der Waals surface area contributed by atoms with Gasteiger partial charge in [0.25, 0.3) is 0 Å². The summed E-state index contributed by atoms with van der Waals surface area (Å²) in [7, 11) is 0. The van der Waals surface area contributed by atoms with Crippen molar-refractivity contribution in [2.75, 3.05) is 5.32 Å². The molecule has 3 rings (SSSR count). The van der Waals surface area contributed by atoms with Gasteiger partial charge in [0.2, 0.25) is 5.91 Å². The number of nitrogens with one attached hydrogen (secondary N) is 1. The zero-order valence-corrected chi connectivity index (χ0v) is 14.5. The van der Waals surface area contributed by atoms with Gasteiger partial charge in [0.05, 0.1) is 11.4 Å². The molecule has 0 spiro atoms. The van der Waals surface area contributed by atoms with E-state index in [1.165, 1.54) is 13.0 Å². The van der Waals surface area contributed by atoms with Crippen molar-refractivity contribution in [1.82, 2.24) is 9.38 Å². The van der Waals surface area contributed by atoms with Crippen molar-refractivity contribution < 1.29 is 9.59 Å². The highest BCUT2D eigenvalue weighted by Crippen LogP contribution is 2.21. The van der Waals surface area contributed by atoms with Crippen LogP contribution in [0.5, 0.6) is 0 Å². The quantitative estimate of drug-likeness (QED) is 0.580. The fraction of sp³-hybridized carbons (Fsp3) is 0.167. The molecule has 0 saturated carbocycles. The van der Waals surface area contributed by atoms with Crippen molar-refractivity contribution in [2.24, 2.45) is 0 Å². The highest BCUT2D eigenvalue weighted by molar-refractivity contribution is 7.17. The third kappa shape index (κ3) is 3.28. The number of amides is 1. The van der Waals surface area contributed by atoms with Crippen LogP contribution in [-0.2, 0) is 4.79 Å². The number of thiazole rings is 1. The van der Waals surface area contributed by atoms with E-state index in [-0.39, 0.29) is 11.7 Å². The van der Waals surface area contributed by atoms with Crippen molar-refractivity contribution in [2.45, 2.75) is 20.8 Å². The Labute approximate surface area is 143 Å². The summed E-state index contributed by atoms with van der Waals surface area (Å²) in [5, 5.41) is 2.77. The van der Waals surface area contributed by atoms with Gasteiger partial charge < -0.3 is 5.32 Å². The van der Waals surface area contributed by atoms with Crippen LogP contribution in [0.25, 0.3) is 11.0 Å². The fourth-order valence-corrected chi connectivity index (χ4v) is 3.31. The lowest BCUT2D eigenvalue weighted by Crippen LogP contribution is -2.08. The van der Waals surface area contributed by atoms with Gasteiger partial charge >= 0.3 is 0 Å². The maximum atomic E-state index is 12.1. The molecule has 2 heterocycles. The molecule has 0 bridgehead atoms. The molecule has 1 amide bonds. The van der Waals surface area contributed by atoms with Gasteiger partial charge in [0.15, 0.2) is 10.7 Å². The van der Waals surface area contributed by atoms with E-state index in [2.05, 4.69) is 10.3 Å². The van der Waals surface area contributed by atoms with Gasteiger partial charge in [-0.1, -0.05) is 12.1 Å². The number of benzene rings is 1. The molecule has 122 valence electrons. The van der Waals surface area contributed by atoms with Gasteiger partial charge in [-0.15, -0.1) is 11.3 Å². The predicted octanol–water partition coefficient (Wildman–Crippen LogP) is 3.87. The monoisotopic (exact) mass is 339 g/mol. The van der Waals surface area contributed by atoms with E-state index in [0.717, 1.165) is 21.2 Å². The van der Waals surface area contributed by atoms with Crippen LogP contribution in [0.15, 0.2) is 36.5 Å². The number of aromatic nitrogens is 2. The molecule has 0 fully saturated rings. The predicted molar refractivity (Wildman–Crippen MR) is 96.7 cm³/mol. The number of ketones is 1. The lowest BCUT2D eigenvalue weighted by Gasteiger charge is -2.03. The first kappa shape index (κ1) is 16.1. The largest absolute Gasteiger partial charge is 0.322 e. The maximum Gasteiger partial charge on any atom is 0.248 e. The second kappa shape index (κ2) is 6.41. The fourth-order valence-electron chi connectivity index (χ4n) is 2.44. The second-order valence-corrected chi connectivity index (χ2v) is 6.75. The van der Waals surface area contributed by atoms with Crippen molar-refractivity contribution in [3.63, 3.8) is 0 Å². The molecule has 0 radical (unpaired) electrons. The number of Topliss-reactive ketones (excluding diaryl/α,β-unsaturated/α-hetero) is 1. The summed E-state index contributed by atoms with van der Waals surface area (Å²) in [5.74, 6) is -0.288. The Morgan fingerprint density at radius 1 is 1.29 bits per heavy atom. The minimum Gasteiger partial charge on any atom is -0.322 e. The van der Waals surface area contributed by atoms with E-state index in [9.17, 15) is 9.59 Å². The topological polar surface area (TPSA) is 63.5 Å². The third-order valence-corrected chi connectivity index (χ3v) is 4.49. The minimum atomic E-state index is -0.253. The van der Waals surface area contributed by atoms with Crippen LogP contribution in [0.1, 0.15) is 33.5 Å². The van der Waals surface area contributed by atoms with Gasteiger partial charge in [-0.25, -0.2) is 4.98 Å². The first-order chi connectivity index (χ1) is 11.4. The molecule has 0 unspecified atom stereocenters. The SMILES string of the molecule is CC(=O)c1cccc(NC(=O)C=Cc2c(C)nc3sc(C)cn23)c1. The van der Waals surface area contributed by atoms with E-state index in [4.69, 9.17) is 0 Å². The number of carbonyl (C=O) groups excluding carboxylic acids is 2. The second-order valence-electron chi connectivity index (χ2n) is 5.54. The molecule has 0 aliphatic carbocycles. The highest BCUT2D eigenvalue weighted by Gasteiger charge is 2.09. The van der Waals surface area contributed by atoms with Crippen LogP contribution < -0.4 is 5.32 Å². The third-order valence-electron chi connectivity index (χ3n) is 3.59. The Balaban J connectivity index is 1.78. The average molecular weight is 339 g/mol. The van der Waals surface area contributed by atoms with Crippen molar-refractivity contribution in [3.8, 4) is 0 Å². The number of carbonyl (C=O) groups is 2. The number of fused-ring (bicyclic) bond motifs is 1. The lowest BCUT2D eigenvalue weighted by molar-refractivity contribution is -0.111. The summed E-state index contributed by atoms with van der Waals surface area (Å²) in [5.41, 5.74) is 2.93. The molecule has 0 atom stereocenters. The van der Waals surface area contributed by atoms with E-state index in [1.807, 2.05) is 24.4 Å². The van der Waals surface area contributed by atoms with E-state index < -0.39 is 0 Å². The van der Waals surface area contributed by atoms with E-state index in [1.54, 1.807) is 41.7 Å². The van der Waals surface area contributed by atoms with Crippen molar-refractivity contribution in [1.29, 1.82) is 0 Å². The zero-order chi connectivity index (χ0) is 17.3. The van der Waals surface area contributed by atoms with Crippen molar-refractivity contribution in [3.05, 3.63) is 58.4 Å². The first-order valence-electron chi connectivity index (χ1n) is 7.49. The summed E-state index contributed by atoms with van der Waals surface area (Å²) in [4.78, 5) is 30.1. The number of imidazole rings is 1. The van der Waals surface area contributed by atoms with E-state index >= 15 is 0 Å². The Morgan fingerprint density at radius 2 is 2.08 bits per heavy atom. The van der Waals surface area contributed by atoms with Gasteiger partial charge in [0.1, 0.15) is 0 Å². The normalized spacial score (nSPS) is 11.3. The molecule has 3 aromatic rings. The lowest BCUT2D eigenvalue weighted by atomic mass is 10.1. The zero-order valence-electron chi connectivity index (χ0n) is 13.7. The Bertz CT molecular complexity index is 966. The minimum absolute atomic E-state index is 0.0354. The van der Waals surface area contributed by atoms with Gasteiger partial charge in [0, 0.05) is 28.4 Å². The Morgan fingerprint density at radius 3 is 2.83 bits per heavy atom. The maximum absolute atomic E-state index is 12.1. The van der Waals surface area contributed by atoms with Crippen LogP contribution >= 0.6 is 11.3 Å². The van der Waals surface area contributed by atoms with Crippen LogP contribution in [0, 0.1) is 13.8 Å². The molecule has 6 heteroatoms. The van der Waals surface area contributed by atoms with Gasteiger partial charge in [-0.2, -0.15) is 0 Å². The smallest absolute Gasteiger partial charge is 0.248 e. The Kier molecular flexibility index (Phi) is 4.31. The molecule has 1 aromatic carbocycles. The summed E-state index contributed by atoms with van der Waals surface area (Å²) >= 11 is 1.61. The average Bonchev–Trinajstić information content (AvgIpc) is 3.00. The number of rotatable bonds is 4. The summed E-state index contributed by atoms with van der Waals surface area (Å²) < 4.78 is 1.98. The molecular weight excluding hydrogens is 322 g/mol. The number of aryl methyl sites for hydroxylation is 2. The standard InChI is InChI=1S/C18H17N3O2S/c1-11-10-21-16(12(2)19-18(21)24-11)7-8-17(23)20-15-6-4-5-14(9-15)13(3)22/h4-10H,1-3H3,(H,20,23). The molecule has 0 saturated heterocycles. The molecule has 0 aliphatic rings. The summed E-state index contributed by atoms with van der Waals surface area (Å²) in [6.45, 7) is 5.44. The van der Waals surface area contributed by atoms with Crippen LogP contribution in [0.2, 0.25) is 0 Å². The highest BCUT2D eigenvalue weighted by atomic mass is 32.1. The van der Waals surface area contributed by atoms with Crippen LogP contribution in [0.3, 0.4) is 0 Å². The van der Waals surface area contributed by atoms with Crippen LogP contribution in [0.4, 0.5) is 5.69 Å². The molecule has 1 N–H and O–H groups in total. The number of hydrogen-bond acceptors (Lipinski definition) is 4. The molecule has 2 aromatic heterocycles. The number of hydrogen-bond donors (Lipinski definition) is 1. The molecule has 24 heavy (non-hydrogen) atoms. The molecular formula is C18H17N3O2S. The van der Waals surface area contributed by atoms with E-state index in [0.29, 0.717) is 11.3 Å². The van der Waals surface area contributed by atoms with Gasteiger partial charge in [-0.05, 0) is 39.0 Å². The Hall–Kier alpha value is -2.73. The number of anilines is 1. The van der Waals surface area contributed by atoms with Crippen molar-refractivity contribution >= 4 is 39.8 Å². The summed E-state index contributed by atoms with van der Waals surface area (Å²) in [6.07, 6.45) is 5.24.